The highest BCUT2D eigenvalue weighted by atomic mass is 16.2. The molecule has 2 N–H and O–H groups in total. The monoisotopic (exact) mass is 340 g/mol. The highest BCUT2D eigenvalue weighted by Crippen LogP contribution is 2.11. The first-order chi connectivity index (χ1) is 11.7. The maximum atomic E-state index is 11.6. The van der Waals surface area contributed by atoms with Crippen LogP contribution in [0, 0.1) is 0 Å². The third-order valence-electron chi connectivity index (χ3n) is 4.36. The Balaban J connectivity index is 3.27. The van der Waals surface area contributed by atoms with E-state index in [9.17, 15) is 9.59 Å². The van der Waals surface area contributed by atoms with Crippen molar-refractivity contribution in [2.24, 2.45) is 0 Å². The van der Waals surface area contributed by atoms with Crippen LogP contribution in [0.1, 0.15) is 117 Å². The zero-order valence-electron chi connectivity index (χ0n) is 16.1. The van der Waals surface area contributed by atoms with Gasteiger partial charge in [0, 0.05) is 12.8 Å². The standard InChI is InChI=1S/C20H40N2O2/c1-3-5-7-8-9-10-11-12-13-14-16-18-20(24)22-21-19(23)17-15-6-4-2/h3-18H2,1-2H3,(H,21,23)(H,22,24). The Kier molecular flexibility index (Phi) is 17.5. The van der Waals surface area contributed by atoms with Crippen LogP contribution < -0.4 is 10.9 Å². The van der Waals surface area contributed by atoms with Gasteiger partial charge in [-0.15, -0.1) is 0 Å². The summed E-state index contributed by atoms with van der Waals surface area (Å²) in [6.07, 6.45) is 18.1. The largest absolute Gasteiger partial charge is 0.273 e. The first-order valence-electron chi connectivity index (χ1n) is 10.3. The van der Waals surface area contributed by atoms with Crippen molar-refractivity contribution >= 4 is 11.8 Å². The SMILES string of the molecule is CCCCCCCCCCCCCC(=O)NNC(=O)CCCCC. The topological polar surface area (TPSA) is 58.2 Å². The number of rotatable bonds is 16. The Hall–Kier alpha value is -1.06. The Morgan fingerprint density at radius 2 is 0.792 bits per heavy atom. The lowest BCUT2D eigenvalue weighted by Crippen LogP contribution is -2.41. The normalized spacial score (nSPS) is 10.6. The molecule has 0 fully saturated rings. The molecule has 0 saturated heterocycles. The van der Waals surface area contributed by atoms with Gasteiger partial charge in [0.25, 0.3) is 0 Å². The summed E-state index contributed by atoms with van der Waals surface area (Å²) < 4.78 is 0. The van der Waals surface area contributed by atoms with Crippen LogP contribution in [-0.2, 0) is 9.59 Å². The number of amides is 2. The molecule has 0 rings (SSSR count). The third-order valence-corrected chi connectivity index (χ3v) is 4.36. The highest BCUT2D eigenvalue weighted by molar-refractivity contribution is 5.81. The summed E-state index contributed by atoms with van der Waals surface area (Å²) in [4.78, 5) is 23.1. The fraction of sp³-hybridized carbons (Fsp3) is 0.900. The molecule has 24 heavy (non-hydrogen) atoms. The smallest absolute Gasteiger partial charge is 0.238 e. The van der Waals surface area contributed by atoms with Crippen LogP contribution in [0.3, 0.4) is 0 Å². The van der Waals surface area contributed by atoms with E-state index in [-0.39, 0.29) is 11.8 Å². The number of nitrogens with one attached hydrogen (secondary N) is 2. The lowest BCUT2D eigenvalue weighted by molar-refractivity contribution is -0.129. The van der Waals surface area contributed by atoms with E-state index in [1.54, 1.807) is 0 Å². The summed E-state index contributed by atoms with van der Waals surface area (Å²) in [5.74, 6) is -0.162. The molecule has 142 valence electrons. The molecular weight excluding hydrogens is 300 g/mol. The van der Waals surface area contributed by atoms with Crippen LogP contribution in [0.2, 0.25) is 0 Å². The van der Waals surface area contributed by atoms with Gasteiger partial charge in [-0.25, -0.2) is 0 Å². The maximum absolute atomic E-state index is 11.6. The first kappa shape index (κ1) is 22.9. The van der Waals surface area contributed by atoms with Gasteiger partial charge in [-0.3, -0.25) is 20.4 Å². The van der Waals surface area contributed by atoms with Crippen molar-refractivity contribution < 1.29 is 9.59 Å². The van der Waals surface area contributed by atoms with E-state index < -0.39 is 0 Å². The Morgan fingerprint density at radius 1 is 0.500 bits per heavy atom. The molecule has 0 aromatic carbocycles. The third kappa shape index (κ3) is 17.3. The number of hydrogen-bond acceptors (Lipinski definition) is 2. The molecule has 2 amide bonds. The van der Waals surface area contributed by atoms with Crippen LogP contribution in [0.4, 0.5) is 0 Å². The average Bonchev–Trinajstić information content (AvgIpc) is 2.58. The Labute approximate surface area is 149 Å². The van der Waals surface area contributed by atoms with Gasteiger partial charge in [0.05, 0.1) is 0 Å². The van der Waals surface area contributed by atoms with Crippen LogP contribution in [0.25, 0.3) is 0 Å². The van der Waals surface area contributed by atoms with Crippen molar-refractivity contribution in [3.63, 3.8) is 0 Å². The lowest BCUT2D eigenvalue weighted by Gasteiger charge is -2.07. The molecule has 0 bridgehead atoms. The predicted octanol–water partition coefficient (Wildman–Crippen LogP) is 5.42. The van der Waals surface area contributed by atoms with Crippen molar-refractivity contribution in [3.8, 4) is 0 Å². The predicted molar refractivity (Wildman–Crippen MR) is 102 cm³/mol. The minimum absolute atomic E-state index is 0.0743. The second-order valence-electron chi connectivity index (χ2n) is 6.84. The number of unbranched alkanes of at least 4 members (excludes halogenated alkanes) is 12. The summed E-state index contributed by atoms with van der Waals surface area (Å²) in [6.45, 7) is 4.36. The van der Waals surface area contributed by atoms with Crippen molar-refractivity contribution in [1.82, 2.24) is 10.9 Å². The summed E-state index contributed by atoms with van der Waals surface area (Å²) in [5.41, 5.74) is 5.00. The van der Waals surface area contributed by atoms with E-state index in [2.05, 4.69) is 24.7 Å². The molecule has 0 spiro atoms. The highest BCUT2D eigenvalue weighted by Gasteiger charge is 2.04. The van der Waals surface area contributed by atoms with Crippen molar-refractivity contribution in [2.75, 3.05) is 0 Å². The summed E-state index contributed by atoms with van der Waals surface area (Å²) >= 11 is 0. The molecule has 0 atom stereocenters. The second kappa shape index (κ2) is 18.3. The minimum Gasteiger partial charge on any atom is -0.273 e. The molecule has 0 unspecified atom stereocenters. The van der Waals surface area contributed by atoms with E-state index in [4.69, 9.17) is 0 Å². The second-order valence-corrected chi connectivity index (χ2v) is 6.84. The number of carbonyl (C=O) groups excluding carboxylic acids is 2. The van der Waals surface area contributed by atoms with E-state index in [1.807, 2.05) is 0 Å². The van der Waals surface area contributed by atoms with Gasteiger partial charge in [0.15, 0.2) is 0 Å². The molecule has 0 aliphatic heterocycles. The van der Waals surface area contributed by atoms with E-state index in [0.717, 1.165) is 32.1 Å². The number of hydrazine groups is 1. The number of hydrogen-bond donors (Lipinski definition) is 2. The van der Waals surface area contributed by atoms with Gasteiger partial charge in [-0.1, -0.05) is 90.9 Å². The molecule has 0 aliphatic rings. The van der Waals surface area contributed by atoms with E-state index in [1.165, 1.54) is 57.8 Å². The molecule has 4 heteroatoms. The molecule has 4 nitrogen and oxygen atoms in total. The minimum atomic E-state index is -0.0873. The van der Waals surface area contributed by atoms with Gasteiger partial charge in [0.2, 0.25) is 11.8 Å². The molecule has 0 aromatic heterocycles. The molecular formula is C20H40N2O2. The molecule has 0 heterocycles. The van der Waals surface area contributed by atoms with E-state index in [0.29, 0.717) is 12.8 Å². The summed E-state index contributed by atoms with van der Waals surface area (Å²) in [5, 5.41) is 0. The maximum Gasteiger partial charge on any atom is 0.238 e. The van der Waals surface area contributed by atoms with E-state index >= 15 is 0 Å². The molecule has 0 radical (unpaired) electrons. The van der Waals surface area contributed by atoms with Gasteiger partial charge >= 0.3 is 0 Å². The number of carbonyl (C=O) groups is 2. The summed E-state index contributed by atoms with van der Waals surface area (Å²) in [6, 6.07) is 0. The fourth-order valence-electron chi connectivity index (χ4n) is 2.75. The van der Waals surface area contributed by atoms with Crippen molar-refractivity contribution in [2.45, 2.75) is 117 Å². The van der Waals surface area contributed by atoms with Crippen LogP contribution in [0.15, 0.2) is 0 Å². The molecule has 0 aromatic rings. The molecule has 0 aliphatic carbocycles. The first-order valence-corrected chi connectivity index (χ1v) is 10.3. The quantitative estimate of drug-likeness (QED) is 0.291. The van der Waals surface area contributed by atoms with Gasteiger partial charge < -0.3 is 0 Å². The van der Waals surface area contributed by atoms with Crippen LogP contribution in [-0.4, -0.2) is 11.8 Å². The Morgan fingerprint density at radius 3 is 1.21 bits per heavy atom. The fourth-order valence-corrected chi connectivity index (χ4v) is 2.75. The zero-order chi connectivity index (χ0) is 17.9. The van der Waals surface area contributed by atoms with Gasteiger partial charge in [0.1, 0.15) is 0 Å². The van der Waals surface area contributed by atoms with Crippen LogP contribution >= 0.6 is 0 Å². The van der Waals surface area contributed by atoms with Gasteiger partial charge in [-0.05, 0) is 12.8 Å². The Bertz CT molecular complexity index is 306. The zero-order valence-corrected chi connectivity index (χ0v) is 16.1. The lowest BCUT2D eigenvalue weighted by atomic mass is 10.1. The van der Waals surface area contributed by atoms with Crippen molar-refractivity contribution in [1.29, 1.82) is 0 Å². The average molecular weight is 341 g/mol. The molecule has 0 saturated carbocycles. The summed E-state index contributed by atoms with van der Waals surface area (Å²) in [7, 11) is 0. The van der Waals surface area contributed by atoms with Crippen molar-refractivity contribution in [3.05, 3.63) is 0 Å². The van der Waals surface area contributed by atoms with Crippen LogP contribution in [0.5, 0.6) is 0 Å². The van der Waals surface area contributed by atoms with Gasteiger partial charge in [-0.2, -0.15) is 0 Å².